The molecule has 4 saturated heterocycles. The molecule has 336 valence electrons. The van der Waals surface area contributed by atoms with Crippen LogP contribution < -0.4 is 9.64 Å². The highest BCUT2D eigenvalue weighted by molar-refractivity contribution is 6.90. The molecule has 0 radical (unpaired) electrons. The van der Waals surface area contributed by atoms with Gasteiger partial charge < -0.3 is 14.4 Å². The lowest BCUT2D eigenvalue weighted by Gasteiger charge is -2.47. The Balaban J connectivity index is 1.23. The Bertz CT molecular complexity index is 2510. The van der Waals surface area contributed by atoms with Gasteiger partial charge in [-0.3, -0.25) is 9.80 Å². The number of hydrogen-bond donors (Lipinski definition) is 0. The summed E-state index contributed by atoms with van der Waals surface area (Å²) in [4.78, 5) is 35.4. The smallest absolute Gasteiger partial charge is 0.410 e. The summed E-state index contributed by atoms with van der Waals surface area (Å²) in [7, 11) is -2.28. The first kappa shape index (κ1) is 43.8. The molecule has 4 fully saturated rings. The molecule has 0 N–H and O–H groups in total. The van der Waals surface area contributed by atoms with Crippen molar-refractivity contribution in [3.63, 3.8) is 0 Å². The lowest BCUT2D eigenvalue weighted by atomic mass is 9.91. The second kappa shape index (κ2) is 15.9. The van der Waals surface area contributed by atoms with Crippen LogP contribution in [0.5, 0.6) is 6.01 Å². The molecule has 4 aromatic rings. The van der Waals surface area contributed by atoms with Gasteiger partial charge in [-0.1, -0.05) is 78.7 Å². The molecule has 13 heteroatoms. The molecule has 5 aliphatic rings. The predicted octanol–water partition coefficient (Wildman–Crippen LogP) is 11.1. The van der Waals surface area contributed by atoms with Crippen molar-refractivity contribution in [1.29, 1.82) is 0 Å². The molecule has 1 amide bonds. The number of rotatable bonds is 7. The van der Waals surface area contributed by atoms with Crippen LogP contribution in [0.1, 0.15) is 125 Å². The number of amides is 1. The summed E-state index contributed by atoms with van der Waals surface area (Å²) >= 11 is 0. The second-order valence-electron chi connectivity index (χ2n) is 21.1. The zero-order chi connectivity index (χ0) is 44.9. The van der Waals surface area contributed by atoms with E-state index in [9.17, 15) is 9.18 Å². The number of ether oxygens (including phenoxy) is 2. The third kappa shape index (κ3) is 7.26. The van der Waals surface area contributed by atoms with E-state index in [0.29, 0.717) is 70.4 Å². The van der Waals surface area contributed by atoms with Crippen molar-refractivity contribution in [2.45, 2.75) is 166 Å². The molecule has 63 heavy (non-hydrogen) atoms. The van der Waals surface area contributed by atoms with E-state index in [0.717, 1.165) is 37.6 Å². The van der Waals surface area contributed by atoms with Crippen molar-refractivity contribution in [2.75, 3.05) is 31.1 Å². The molecule has 0 spiro atoms. The number of benzene rings is 2. The fourth-order valence-corrected chi connectivity index (χ4v) is 17.7. The van der Waals surface area contributed by atoms with Crippen LogP contribution in [0.3, 0.4) is 0 Å². The molecular formula is C50H63F3N6O3Si. The largest absolute Gasteiger partial charge is 0.461 e. The molecular weight excluding hydrogens is 818 g/mol. The molecule has 2 bridgehead atoms. The van der Waals surface area contributed by atoms with Crippen LogP contribution in [-0.4, -0.2) is 101 Å². The van der Waals surface area contributed by atoms with Gasteiger partial charge >= 0.3 is 12.1 Å². The summed E-state index contributed by atoms with van der Waals surface area (Å²) in [6, 6.07) is 8.28. The lowest BCUT2D eigenvalue weighted by molar-refractivity contribution is 0.00691. The Morgan fingerprint density at radius 1 is 0.968 bits per heavy atom. The number of nitrogens with zero attached hydrogens (tertiary/aromatic N) is 6. The Labute approximate surface area is 371 Å². The SMILES string of the molecule is CC(C)[Si](C#Cc1c(F)ccc2cccc(-c3nc4c5c(nc(OC[C@@]67CCCN6C[C@H](F)C7)nc5c3F)N3C[C@H]5CC[C@@H]([C@@H]3C[C@@H]4C)N5C(=O)OC(C)(C)C)c12)(C(C)C)C(C)C. The summed E-state index contributed by atoms with van der Waals surface area (Å²) < 4.78 is 61.8. The fraction of sp³-hybridized carbons (Fsp3) is 0.600. The van der Waals surface area contributed by atoms with Crippen molar-refractivity contribution in [1.82, 2.24) is 24.8 Å². The van der Waals surface area contributed by atoms with Crippen molar-refractivity contribution < 1.29 is 27.4 Å². The number of halogens is 3. The van der Waals surface area contributed by atoms with Gasteiger partial charge in [-0.2, -0.15) is 9.97 Å². The van der Waals surface area contributed by atoms with Gasteiger partial charge in [-0.25, -0.2) is 22.9 Å². The first-order valence-corrected chi connectivity index (χ1v) is 25.5. The van der Waals surface area contributed by atoms with Crippen LogP contribution in [-0.2, 0) is 4.74 Å². The minimum Gasteiger partial charge on any atom is -0.461 e. The molecule has 2 aromatic carbocycles. The quantitative estimate of drug-likeness (QED) is 0.134. The Morgan fingerprint density at radius 2 is 1.71 bits per heavy atom. The number of pyridine rings is 1. The summed E-state index contributed by atoms with van der Waals surface area (Å²) in [6.45, 7) is 22.9. The van der Waals surface area contributed by atoms with Crippen molar-refractivity contribution in [3.8, 4) is 28.7 Å². The molecule has 7 heterocycles. The summed E-state index contributed by atoms with van der Waals surface area (Å²) in [5.74, 6) is 2.59. The molecule has 0 unspecified atom stereocenters. The Morgan fingerprint density at radius 3 is 2.43 bits per heavy atom. The monoisotopic (exact) mass is 880 g/mol. The second-order valence-corrected chi connectivity index (χ2v) is 26.7. The number of anilines is 1. The molecule has 9 nitrogen and oxygen atoms in total. The molecule has 6 atom stereocenters. The van der Waals surface area contributed by atoms with E-state index in [1.165, 1.54) is 6.07 Å². The number of aromatic nitrogens is 3. The minimum absolute atomic E-state index is 0.0196. The third-order valence-electron chi connectivity index (χ3n) is 15.3. The van der Waals surface area contributed by atoms with Crippen LogP contribution in [0.4, 0.5) is 23.8 Å². The molecule has 0 saturated carbocycles. The standard InChI is InChI=1S/C50H63F3N6O3Si/c1-28(2)63(29(3)4,30(5)6)22-19-35-37(52)17-15-32-13-11-14-36(40(32)35)44-42(53)45-41-43(54-44)31(7)23-39-38-18-16-34(59(38)48(60)62-49(8,9)10)26-58(39)46(41)56-47(55-45)61-27-50-20-12-21-57(50)25-33(51)24-50/h11,13-15,17,28-31,33-34,38-39H,12,16,18,20-21,23-27H2,1-10H3/t31-,33+,34+,38-,39-,50-/m0/s1. The van der Waals surface area contributed by atoms with E-state index in [2.05, 4.69) is 69.7 Å². The summed E-state index contributed by atoms with van der Waals surface area (Å²) in [5.41, 5.74) is 5.04. The number of carbonyl (C=O) groups excluding carboxylic acids is 1. The number of carbonyl (C=O) groups is 1. The molecule has 2 aromatic heterocycles. The van der Waals surface area contributed by atoms with E-state index in [-0.39, 0.29) is 59.5 Å². The first-order valence-electron chi connectivity index (χ1n) is 23.3. The van der Waals surface area contributed by atoms with Gasteiger partial charge in [-0.05, 0) is 87.5 Å². The lowest BCUT2D eigenvalue weighted by Crippen LogP contribution is -2.62. The number of hydrogen-bond acceptors (Lipinski definition) is 8. The van der Waals surface area contributed by atoms with Crippen LogP contribution in [0.15, 0.2) is 30.3 Å². The summed E-state index contributed by atoms with van der Waals surface area (Å²) in [5, 5.41) is 1.76. The van der Waals surface area contributed by atoms with E-state index in [4.69, 9.17) is 24.4 Å². The van der Waals surface area contributed by atoms with Gasteiger partial charge in [0.25, 0.3) is 0 Å². The third-order valence-corrected chi connectivity index (χ3v) is 21.6. The van der Waals surface area contributed by atoms with Gasteiger partial charge in [-0.15, -0.1) is 5.54 Å². The van der Waals surface area contributed by atoms with Crippen LogP contribution in [0.25, 0.3) is 32.9 Å². The number of alkyl halides is 1. The fourth-order valence-electron chi connectivity index (χ4n) is 12.5. The van der Waals surface area contributed by atoms with Crippen LogP contribution in [0, 0.1) is 23.1 Å². The van der Waals surface area contributed by atoms with Gasteiger partial charge in [0, 0.05) is 36.4 Å². The predicted molar refractivity (Wildman–Crippen MR) is 246 cm³/mol. The summed E-state index contributed by atoms with van der Waals surface area (Å²) in [6.07, 6.45) is 3.06. The van der Waals surface area contributed by atoms with E-state index < -0.39 is 37.0 Å². The zero-order valence-corrected chi connectivity index (χ0v) is 39.6. The van der Waals surface area contributed by atoms with Gasteiger partial charge in [0.2, 0.25) is 0 Å². The molecule has 5 aliphatic heterocycles. The maximum absolute atomic E-state index is 18.0. The van der Waals surface area contributed by atoms with Gasteiger partial charge in [0.05, 0.1) is 40.3 Å². The van der Waals surface area contributed by atoms with Crippen molar-refractivity contribution in [2.24, 2.45) is 0 Å². The highest BCUT2D eigenvalue weighted by Gasteiger charge is 2.53. The van der Waals surface area contributed by atoms with Crippen molar-refractivity contribution >= 4 is 41.7 Å². The highest BCUT2D eigenvalue weighted by atomic mass is 28.3. The maximum atomic E-state index is 18.0. The molecule has 9 rings (SSSR count). The Hall–Kier alpha value is -4.41. The van der Waals surface area contributed by atoms with Crippen LogP contribution >= 0.6 is 0 Å². The van der Waals surface area contributed by atoms with Crippen molar-refractivity contribution in [3.05, 3.63) is 53.2 Å². The average molecular weight is 881 g/mol. The van der Waals surface area contributed by atoms with Gasteiger partial charge in [0.1, 0.15) is 49.3 Å². The number of piperazine rings is 1. The Kier molecular flexibility index (Phi) is 11.1. The minimum atomic E-state index is -2.28. The zero-order valence-electron chi connectivity index (χ0n) is 38.6. The maximum Gasteiger partial charge on any atom is 0.410 e. The average Bonchev–Trinajstić information content (AvgIpc) is 3.83. The normalized spacial score (nSPS) is 25.8. The topological polar surface area (TPSA) is 83.9 Å². The van der Waals surface area contributed by atoms with E-state index in [1.54, 1.807) is 12.1 Å². The van der Waals surface area contributed by atoms with Gasteiger partial charge in [0.15, 0.2) is 5.82 Å². The van der Waals surface area contributed by atoms with Crippen LogP contribution in [0.2, 0.25) is 16.6 Å². The van der Waals surface area contributed by atoms with E-state index >= 15 is 8.78 Å². The van der Waals surface area contributed by atoms with E-state index in [1.807, 2.05) is 37.8 Å². The molecule has 0 aliphatic carbocycles. The first-order chi connectivity index (χ1) is 29.8. The highest BCUT2D eigenvalue weighted by Crippen LogP contribution is 2.49. The number of fused-ring (bicyclic) bond motifs is 7.